The van der Waals surface area contributed by atoms with Gasteiger partial charge in [-0.25, -0.2) is 0 Å². The number of aryl methyl sites for hydroxylation is 1. The first-order valence-electron chi connectivity index (χ1n) is 3.80. The lowest BCUT2D eigenvalue weighted by molar-refractivity contribution is 0.393. The molecule has 1 aliphatic rings. The first kappa shape index (κ1) is 6.64. The summed E-state index contributed by atoms with van der Waals surface area (Å²) in [5, 5.41) is 3.82. The number of nitrogens with zero attached hydrogens (tertiary/aromatic N) is 3. The predicted octanol–water partition coefficient (Wildman–Crippen LogP) is 0.977. The van der Waals surface area contributed by atoms with E-state index in [9.17, 15) is 0 Å². The summed E-state index contributed by atoms with van der Waals surface area (Å²) in [5.74, 6) is 1.34. The van der Waals surface area contributed by atoms with Gasteiger partial charge in [0.05, 0.1) is 0 Å². The van der Waals surface area contributed by atoms with Crippen LogP contribution in [0.25, 0.3) is 0 Å². The average Bonchev–Trinajstić information content (AvgIpc) is 2.74. The van der Waals surface area contributed by atoms with Crippen molar-refractivity contribution in [2.24, 2.45) is 0 Å². The van der Waals surface area contributed by atoms with Crippen LogP contribution in [0.4, 0.5) is 5.95 Å². The Morgan fingerprint density at radius 1 is 1.55 bits per heavy atom. The Morgan fingerprint density at radius 2 is 2.27 bits per heavy atom. The van der Waals surface area contributed by atoms with Gasteiger partial charge in [-0.2, -0.15) is 4.98 Å². The van der Waals surface area contributed by atoms with Crippen LogP contribution in [0, 0.1) is 6.92 Å². The average molecular weight is 153 g/mol. The lowest BCUT2D eigenvalue weighted by Gasteiger charge is -2.10. The smallest absolute Gasteiger partial charge is 0.266 e. The van der Waals surface area contributed by atoms with Gasteiger partial charge in [-0.3, -0.25) is 0 Å². The van der Waals surface area contributed by atoms with Crippen molar-refractivity contribution in [1.82, 2.24) is 10.1 Å². The molecule has 0 unspecified atom stereocenters. The fourth-order valence-corrected chi connectivity index (χ4v) is 1.06. The van der Waals surface area contributed by atoms with Crippen LogP contribution in [0.3, 0.4) is 0 Å². The number of hydrogen-bond acceptors (Lipinski definition) is 4. The third-order valence-electron chi connectivity index (χ3n) is 1.93. The second-order valence-electron chi connectivity index (χ2n) is 2.96. The summed E-state index contributed by atoms with van der Waals surface area (Å²) in [6.07, 6.45) is 2.51. The summed E-state index contributed by atoms with van der Waals surface area (Å²) in [4.78, 5) is 6.19. The zero-order valence-electron chi connectivity index (χ0n) is 6.74. The highest BCUT2D eigenvalue weighted by Gasteiger charge is 2.28. The molecule has 4 heteroatoms. The number of rotatable bonds is 2. The van der Waals surface area contributed by atoms with Gasteiger partial charge in [0.2, 0.25) is 5.89 Å². The Morgan fingerprint density at radius 3 is 2.73 bits per heavy atom. The molecule has 0 amide bonds. The van der Waals surface area contributed by atoms with Crippen LogP contribution < -0.4 is 4.90 Å². The molecule has 1 fully saturated rings. The number of aromatic nitrogens is 2. The molecule has 11 heavy (non-hydrogen) atoms. The van der Waals surface area contributed by atoms with Crippen molar-refractivity contribution in [2.75, 3.05) is 11.9 Å². The molecule has 1 saturated carbocycles. The highest BCUT2D eigenvalue weighted by Crippen LogP contribution is 2.28. The van der Waals surface area contributed by atoms with Crippen LogP contribution in [0.5, 0.6) is 0 Å². The summed E-state index contributed by atoms with van der Waals surface area (Å²) in [6.45, 7) is 1.80. The lowest BCUT2D eigenvalue weighted by Crippen LogP contribution is -2.20. The fraction of sp³-hybridized carbons (Fsp3) is 0.714. The minimum absolute atomic E-state index is 0.632. The molecule has 0 aliphatic heterocycles. The van der Waals surface area contributed by atoms with Gasteiger partial charge < -0.3 is 9.42 Å². The van der Waals surface area contributed by atoms with Crippen molar-refractivity contribution in [2.45, 2.75) is 25.8 Å². The van der Waals surface area contributed by atoms with Gasteiger partial charge in [-0.15, -0.1) is 0 Å². The number of hydrogen-bond donors (Lipinski definition) is 0. The van der Waals surface area contributed by atoms with Crippen LogP contribution in [0.2, 0.25) is 0 Å². The van der Waals surface area contributed by atoms with E-state index in [2.05, 4.69) is 15.0 Å². The minimum Gasteiger partial charge on any atom is -0.338 e. The molecule has 0 atom stereocenters. The fourth-order valence-electron chi connectivity index (χ4n) is 1.06. The highest BCUT2D eigenvalue weighted by atomic mass is 16.5. The van der Waals surface area contributed by atoms with E-state index in [1.807, 2.05) is 7.05 Å². The molecule has 0 spiro atoms. The molecule has 4 nitrogen and oxygen atoms in total. The summed E-state index contributed by atoms with van der Waals surface area (Å²) >= 11 is 0. The van der Waals surface area contributed by atoms with Crippen molar-refractivity contribution in [3.63, 3.8) is 0 Å². The van der Waals surface area contributed by atoms with Crippen LogP contribution in [-0.4, -0.2) is 23.2 Å². The van der Waals surface area contributed by atoms with Crippen molar-refractivity contribution in [1.29, 1.82) is 0 Å². The topological polar surface area (TPSA) is 42.2 Å². The van der Waals surface area contributed by atoms with E-state index in [0.29, 0.717) is 17.9 Å². The Kier molecular flexibility index (Phi) is 1.34. The lowest BCUT2D eigenvalue weighted by atomic mass is 10.6. The minimum atomic E-state index is 0.632. The predicted molar refractivity (Wildman–Crippen MR) is 40.5 cm³/mol. The Balaban J connectivity index is 2.14. The maximum Gasteiger partial charge on any atom is 0.266 e. The third kappa shape index (κ3) is 1.20. The van der Waals surface area contributed by atoms with Gasteiger partial charge >= 0.3 is 0 Å². The highest BCUT2D eigenvalue weighted by molar-refractivity contribution is 5.30. The van der Waals surface area contributed by atoms with Gasteiger partial charge in [0.1, 0.15) is 0 Å². The molecule has 0 aromatic carbocycles. The zero-order valence-corrected chi connectivity index (χ0v) is 6.74. The first-order valence-corrected chi connectivity index (χ1v) is 3.80. The summed E-state index contributed by atoms with van der Waals surface area (Å²) in [7, 11) is 2.00. The van der Waals surface area contributed by atoms with E-state index in [4.69, 9.17) is 4.52 Å². The monoisotopic (exact) mass is 153 g/mol. The molecule has 1 aromatic rings. The van der Waals surface area contributed by atoms with Crippen molar-refractivity contribution < 1.29 is 4.52 Å². The Labute approximate surface area is 65.2 Å². The van der Waals surface area contributed by atoms with Crippen molar-refractivity contribution >= 4 is 5.95 Å². The molecule has 1 aromatic heterocycles. The third-order valence-corrected chi connectivity index (χ3v) is 1.93. The first-order chi connectivity index (χ1) is 5.27. The summed E-state index contributed by atoms with van der Waals surface area (Å²) in [5.41, 5.74) is 0. The van der Waals surface area contributed by atoms with E-state index in [-0.39, 0.29) is 0 Å². The standard InChI is InChI=1S/C7H11N3O/c1-5-8-7(9-11-5)10(2)6-3-4-6/h6H,3-4H2,1-2H3. The maximum absolute atomic E-state index is 4.86. The summed E-state index contributed by atoms with van der Waals surface area (Å²) < 4.78 is 4.86. The molecule has 0 N–H and O–H groups in total. The quantitative estimate of drug-likeness (QED) is 0.635. The van der Waals surface area contributed by atoms with Gasteiger partial charge in [0.15, 0.2) is 0 Å². The molecule has 0 bridgehead atoms. The maximum atomic E-state index is 4.86. The van der Waals surface area contributed by atoms with Gasteiger partial charge in [0, 0.05) is 20.0 Å². The van der Waals surface area contributed by atoms with Gasteiger partial charge in [-0.1, -0.05) is 0 Å². The Hall–Kier alpha value is -1.06. The molecule has 1 heterocycles. The second kappa shape index (κ2) is 2.22. The van der Waals surface area contributed by atoms with Crippen LogP contribution in [0.1, 0.15) is 18.7 Å². The normalized spacial score (nSPS) is 16.9. The van der Waals surface area contributed by atoms with E-state index >= 15 is 0 Å². The SMILES string of the molecule is Cc1nc(N(C)C2CC2)no1. The van der Waals surface area contributed by atoms with Crippen LogP contribution >= 0.6 is 0 Å². The molecule has 60 valence electrons. The van der Waals surface area contributed by atoms with Gasteiger partial charge in [-0.05, 0) is 18.0 Å². The zero-order chi connectivity index (χ0) is 7.84. The van der Waals surface area contributed by atoms with Gasteiger partial charge in [0.25, 0.3) is 5.95 Å². The van der Waals surface area contributed by atoms with Crippen LogP contribution in [-0.2, 0) is 0 Å². The van der Waals surface area contributed by atoms with E-state index in [1.165, 1.54) is 12.8 Å². The molecule has 0 radical (unpaired) electrons. The number of anilines is 1. The Bertz CT molecular complexity index is 254. The van der Waals surface area contributed by atoms with Crippen molar-refractivity contribution in [3.05, 3.63) is 5.89 Å². The summed E-state index contributed by atoms with van der Waals surface area (Å²) in [6, 6.07) is 0.645. The van der Waals surface area contributed by atoms with Crippen LogP contribution in [0.15, 0.2) is 4.52 Å². The largest absolute Gasteiger partial charge is 0.338 e. The molecule has 1 aliphatic carbocycles. The molecular weight excluding hydrogens is 142 g/mol. The van der Waals surface area contributed by atoms with E-state index < -0.39 is 0 Å². The van der Waals surface area contributed by atoms with Crippen molar-refractivity contribution in [3.8, 4) is 0 Å². The second-order valence-corrected chi connectivity index (χ2v) is 2.96. The van der Waals surface area contributed by atoms with E-state index in [0.717, 1.165) is 0 Å². The molecule has 0 saturated heterocycles. The van der Waals surface area contributed by atoms with E-state index in [1.54, 1.807) is 6.92 Å². The molecular formula is C7H11N3O. The molecule has 2 rings (SSSR count).